The molecule has 0 aromatic rings. The van der Waals surface area contributed by atoms with E-state index in [1.165, 1.54) is 0 Å². The predicted molar refractivity (Wildman–Crippen MR) is 73.1 cm³/mol. The van der Waals surface area contributed by atoms with Crippen molar-refractivity contribution in [1.82, 2.24) is 4.90 Å². The van der Waals surface area contributed by atoms with Gasteiger partial charge in [-0.3, -0.25) is 4.79 Å². The minimum absolute atomic E-state index is 0.0898. The maximum absolute atomic E-state index is 12.4. The summed E-state index contributed by atoms with van der Waals surface area (Å²) in [6.45, 7) is 9.92. The van der Waals surface area contributed by atoms with Gasteiger partial charge in [0.05, 0.1) is 11.5 Å². The molecule has 106 valence electrons. The Kier molecular flexibility index (Phi) is 4.78. The zero-order valence-corrected chi connectivity index (χ0v) is 12.2. The van der Waals surface area contributed by atoms with Crippen LogP contribution in [0.1, 0.15) is 47.0 Å². The zero-order chi connectivity index (χ0) is 14.0. The van der Waals surface area contributed by atoms with E-state index in [0.717, 1.165) is 6.42 Å². The molecule has 4 nitrogen and oxygen atoms in total. The molecule has 1 aliphatic rings. The van der Waals surface area contributed by atoms with Gasteiger partial charge in [0.2, 0.25) is 5.91 Å². The number of carbonyl (C=O) groups is 1. The Bertz CT molecular complexity index is 285. The van der Waals surface area contributed by atoms with Gasteiger partial charge in [-0.2, -0.15) is 0 Å². The van der Waals surface area contributed by atoms with Gasteiger partial charge in [-0.05, 0) is 31.6 Å². The molecule has 0 saturated carbocycles. The fourth-order valence-electron chi connectivity index (χ4n) is 2.48. The molecular formula is C14H28N2O2. The number of nitrogens with zero attached hydrogens (tertiary/aromatic N) is 1. The molecule has 0 spiro atoms. The molecule has 18 heavy (non-hydrogen) atoms. The van der Waals surface area contributed by atoms with Crippen molar-refractivity contribution in [1.29, 1.82) is 0 Å². The largest absolute Gasteiger partial charge is 0.390 e. The van der Waals surface area contributed by atoms with E-state index in [0.29, 0.717) is 32.5 Å². The number of carbonyl (C=O) groups excluding carboxylic acids is 1. The molecule has 1 aliphatic heterocycles. The van der Waals surface area contributed by atoms with Crippen LogP contribution in [0.2, 0.25) is 0 Å². The number of amides is 1. The molecule has 1 fully saturated rings. The highest BCUT2D eigenvalue weighted by Crippen LogP contribution is 2.27. The van der Waals surface area contributed by atoms with Gasteiger partial charge in [0, 0.05) is 19.6 Å². The van der Waals surface area contributed by atoms with Crippen LogP contribution in [0.25, 0.3) is 0 Å². The van der Waals surface area contributed by atoms with Gasteiger partial charge < -0.3 is 15.7 Å². The maximum Gasteiger partial charge on any atom is 0.226 e. The van der Waals surface area contributed by atoms with Gasteiger partial charge in [-0.1, -0.05) is 20.8 Å². The monoisotopic (exact) mass is 256 g/mol. The fourth-order valence-corrected chi connectivity index (χ4v) is 2.48. The first-order valence-corrected chi connectivity index (χ1v) is 6.86. The van der Waals surface area contributed by atoms with Gasteiger partial charge in [-0.25, -0.2) is 0 Å². The third-order valence-electron chi connectivity index (χ3n) is 3.64. The van der Waals surface area contributed by atoms with Crippen LogP contribution in [0.4, 0.5) is 0 Å². The Morgan fingerprint density at radius 2 is 1.89 bits per heavy atom. The summed E-state index contributed by atoms with van der Waals surface area (Å²) in [5.74, 6) is 0.0657. The van der Waals surface area contributed by atoms with Crippen molar-refractivity contribution in [2.24, 2.45) is 17.1 Å². The molecule has 1 heterocycles. The Morgan fingerprint density at radius 3 is 2.28 bits per heavy atom. The normalized spacial score (nSPS) is 21.8. The lowest BCUT2D eigenvalue weighted by Crippen LogP contribution is -2.48. The molecule has 0 aromatic carbocycles. The van der Waals surface area contributed by atoms with E-state index in [9.17, 15) is 9.90 Å². The molecular weight excluding hydrogens is 228 g/mol. The second-order valence-corrected chi connectivity index (χ2v) is 7.02. The van der Waals surface area contributed by atoms with Crippen molar-refractivity contribution in [3.63, 3.8) is 0 Å². The van der Waals surface area contributed by atoms with E-state index in [1.54, 1.807) is 0 Å². The number of hydrogen-bond acceptors (Lipinski definition) is 3. The number of rotatable bonds is 3. The molecule has 1 rings (SSSR count). The summed E-state index contributed by atoms with van der Waals surface area (Å²) in [5, 5.41) is 9.89. The third kappa shape index (κ3) is 4.58. The molecule has 0 aromatic heterocycles. The van der Waals surface area contributed by atoms with Gasteiger partial charge in [0.25, 0.3) is 0 Å². The van der Waals surface area contributed by atoms with Gasteiger partial charge in [0.15, 0.2) is 0 Å². The lowest BCUT2D eigenvalue weighted by Gasteiger charge is -2.38. The average molecular weight is 256 g/mol. The minimum atomic E-state index is -0.612. The smallest absolute Gasteiger partial charge is 0.226 e. The van der Waals surface area contributed by atoms with E-state index >= 15 is 0 Å². The molecule has 1 saturated heterocycles. The van der Waals surface area contributed by atoms with Gasteiger partial charge in [-0.15, -0.1) is 0 Å². The van der Waals surface area contributed by atoms with E-state index in [2.05, 4.69) is 20.8 Å². The van der Waals surface area contributed by atoms with Crippen molar-refractivity contribution < 1.29 is 9.90 Å². The second kappa shape index (κ2) is 5.57. The number of piperidine rings is 1. The zero-order valence-electron chi connectivity index (χ0n) is 12.2. The maximum atomic E-state index is 12.4. The molecule has 1 unspecified atom stereocenters. The van der Waals surface area contributed by atoms with Crippen LogP contribution in [0, 0.1) is 11.3 Å². The average Bonchev–Trinajstić information content (AvgIpc) is 2.24. The highest BCUT2D eigenvalue weighted by Gasteiger charge is 2.33. The first-order valence-electron chi connectivity index (χ1n) is 6.86. The fraction of sp³-hybridized carbons (Fsp3) is 0.929. The van der Waals surface area contributed by atoms with Crippen molar-refractivity contribution in [3.8, 4) is 0 Å². The summed E-state index contributed by atoms with van der Waals surface area (Å²) < 4.78 is 0. The first kappa shape index (κ1) is 15.4. The Labute approximate surface area is 111 Å². The Balaban J connectivity index is 2.58. The molecule has 1 amide bonds. The van der Waals surface area contributed by atoms with Crippen molar-refractivity contribution in [3.05, 3.63) is 0 Å². The Hall–Kier alpha value is -0.610. The van der Waals surface area contributed by atoms with Gasteiger partial charge in [0.1, 0.15) is 0 Å². The lowest BCUT2D eigenvalue weighted by atomic mass is 9.83. The summed E-state index contributed by atoms with van der Waals surface area (Å²) in [4.78, 5) is 14.2. The molecule has 4 heteroatoms. The van der Waals surface area contributed by atoms with Crippen LogP contribution in [0.3, 0.4) is 0 Å². The van der Waals surface area contributed by atoms with E-state index < -0.39 is 5.60 Å². The number of aliphatic hydroxyl groups is 1. The second-order valence-electron chi connectivity index (χ2n) is 7.02. The SMILES string of the molecule is CC(C)(C)CC(CN)C(=O)N1CCC(C)(O)CC1. The van der Waals surface area contributed by atoms with Crippen LogP contribution >= 0.6 is 0 Å². The molecule has 0 bridgehead atoms. The summed E-state index contributed by atoms with van der Waals surface area (Å²) in [6.07, 6.45) is 2.13. The van der Waals surface area contributed by atoms with Crippen LogP contribution in [0.15, 0.2) is 0 Å². The van der Waals surface area contributed by atoms with Crippen LogP contribution in [0.5, 0.6) is 0 Å². The molecule has 1 atom stereocenters. The van der Waals surface area contributed by atoms with Crippen molar-refractivity contribution in [2.45, 2.75) is 52.6 Å². The quantitative estimate of drug-likeness (QED) is 0.801. The molecule has 3 N–H and O–H groups in total. The van der Waals surface area contributed by atoms with Crippen LogP contribution < -0.4 is 5.73 Å². The van der Waals surface area contributed by atoms with E-state index in [1.807, 2.05) is 11.8 Å². The predicted octanol–water partition coefficient (Wildman–Crippen LogP) is 1.37. The number of likely N-dealkylation sites (tertiary alicyclic amines) is 1. The lowest BCUT2D eigenvalue weighted by molar-refractivity contribution is -0.139. The summed E-state index contributed by atoms with van der Waals surface area (Å²) in [6, 6.07) is 0. The number of hydrogen-bond donors (Lipinski definition) is 2. The third-order valence-corrected chi connectivity index (χ3v) is 3.64. The summed E-state index contributed by atoms with van der Waals surface area (Å²) in [7, 11) is 0. The van der Waals surface area contributed by atoms with E-state index in [4.69, 9.17) is 5.73 Å². The highest BCUT2D eigenvalue weighted by atomic mass is 16.3. The van der Waals surface area contributed by atoms with Crippen LogP contribution in [-0.4, -0.2) is 41.1 Å². The number of nitrogens with two attached hydrogens (primary N) is 1. The summed E-state index contributed by atoms with van der Waals surface area (Å²) in [5.41, 5.74) is 5.24. The molecule has 0 aliphatic carbocycles. The van der Waals surface area contributed by atoms with Crippen LogP contribution in [-0.2, 0) is 4.79 Å². The molecule has 0 radical (unpaired) electrons. The van der Waals surface area contributed by atoms with E-state index in [-0.39, 0.29) is 17.2 Å². The first-order chi connectivity index (χ1) is 8.14. The minimum Gasteiger partial charge on any atom is -0.390 e. The Morgan fingerprint density at radius 1 is 1.39 bits per heavy atom. The van der Waals surface area contributed by atoms with Gasteiger partial charge >= 0.3 is 0 Å². The van der Waals surface area contributed by atoms with Crippen molar-refractivity contribution in [2.75, 3.05) is 19.6 Å². The highest BCUT2D eigenvalue weighted by molar-refractivity contribution is 5.79. The standard InChI is InChI=1S/C14H28N2O2/c1-13(2,3)9-11(10-15)12(17)16-7-5-14(4,18)6-8-16/h11,18H,5-10,15H2,1-4H3. The van der Waals surface area contributed by atoms with Crippen molar-refractivity contribution >= 4 is 5.91 Å². The topological polar surface area (TPSA) is 66.6 Å². The summed E-state index contributed by atoms with van der Waals surface area (Å²) >= 11 is 0.